The summed E-state index contributed by atoms with van der Waals surface area (Å²) < 4.78 is 14.5. The first-order valence-electron chi connectivity index (χ1n) is 9.12. The average molecular weight is 340 g/mol. The molecule has 134 valence electrons. The molecular weight excluding hydrogens is 311 g/mol. The van der Waals surface area contributed by atoms with Gasteiger partial charge in [-0.1, -0.05) is 31.2 Å². The number of hydrogen-bond donors (Lipinski definition) is 0. The summed E-state index contributed by atoms with van der Waals surface area (Å²) in [4.78, 5) is 0. The van der Waals surface area contributed by atoms with Crippen molar-refractivity contribution < 1.29 is 9.31 Å². The molecule has 1 aromatic heterocycles. The first kappa shape index (κ1) is 18.2. The van der Waals surface area contributed by atoms with Crippen molar-refractivity contribution in [3.63, 3.8) is 0 Å². The summed E-state index contributed by atoms with van der Waals surface area (Å²) in [6.07, 6.45) is 1.06. The van der Waals surface area contributed by atoms with E-state index in [1.54, 1.807) is 0 Å². The molecule has 4 nitrogen and oxygen atoms in total. The standard InChI is InChI=1S/C20H29BN2O2/c1-8-16-9-11-17(12-10-16)13-23-15(3)18(14(2)22-23)21-24-19(4,5)20(6,7)25-21/h9-12H,8,13H2,1-7H3. The normalized spacial score (nSPS) is 18.8. The van der Waals surface area contributed by atoms with Crippen LogP contribution in [0.1, 0.15) is 57.1 Å². The minimum absolute atomic E-state index is 0.339. The van der Waals surface area contributed by atoms with E-state index in [0.717, 1.165) is 29.8 Å². The number of hydrogen-bond acceptors (Lipinski definition) is 3. The molecule has 0 spiro atoms. The number of nitrogens with zero attached hydrogens (tertiary/aromatic N) is 2. The Morgan fingerprint density at radius 1 is 0.960 bits per heavy atom. The summed E-state index contributed by atoms with van der Waals surface area (Å²) in [6.45, 7) is 15.4. The fourth-order valence-electron chi connectivity index (χ4n) is 3.22. The smallest absolute Gasteiger partial charge is 0.399 e. The Hall–Kier alpha value is -1.59. The van der Waals surface area contributed by atoms with Gasteiger partial charge in [-0.25, -0.2) is 0 Å². The minimum Gasteiger partial charge on any atom is -0.399 e. The maximum Gasteiger partial charge on any atom is 0.498 e. The maximum absolute atomic E-state index is 6.23. The number of rotatable bonds is 4. The van der Waals surface area contributed by atoms with E-state index in [2.05, 4.69) is 70.5 Å². The van der Waals surface area contributed by atoms with E-state index in [1.165, 1.54) is 11.1 Å². The number of benzene rings is 1. The van der Waals surface area contributed by atoms with E-state index in [4.69, 9.17) is 14.4 Å². The zero-order valence-corrected chi connectivity index (χ0v) is 16.5. The quantitative estimate of drug-likeness (QED) is 0.801. The zero-order chi connectivity index (χ0) is 18.4. The van der Waals surface area contributed by atoms with Crippen LogP contribution in [-0.4, -0.2) is 28.1 Å². The Balaban J connectivity index is 1.86. The Morgan fingerprint density at radius 3 is 2.00 bits per heavy atom. The van der Waals surface area contributed by atoms with E-state index < -0.39 is 0 Å². The van der Waals surface area contributed by atoms with Gasteiger partial charge in [0.2, 0.25) is 0 Å². The summed E-state index contributed by atoms with van der Waals surface area (Å²) in [5.41, 5.74) is 5.07. The van der Waals surface area contributed by atoms with Crippen LogP contribution in [0.3, 0.4) is 0 Å². The molecule has 0 unspecified atom stereocenters. The summed E-state index contributed by atoms with van der Waals surface area (Å²) >= 11 is 0. The number of aromatic nitrogens is 2. The minimum atomic E-state index is -0.360. The monoisotopic (exact) mass is 340 g/mol. The van der Waals surface area contributed by atoms with E-state index in [9.17, 15) is 0 Å². The molecule has 25 heavy (non-hydrogen) atoms. The van der Waals surface area contributed by atoms with E-state index in [0.29, 0.717) is 0 Å². The second-order valence-corrected chi connectivity index (χ2v) is 8.00. The fraction of sp³-hybridized carbons (Fsp3) is 0.550. The molecular formula is C20H29BN2O2. The van der Waals surface area contributed by atoms with Crippen molar-refractivity contribution in [2.45, 2.75) is 72.6 Å². The van der Waals surface area contributed by atoms with Crippen molar-refractivity contribution in [1.29, 1.82) is 0 Å². The SMILES string of the molecule is CCc1ccc(Cn2nc(C)c(B3OC(C)(C)C(C)(C)O3)c2C)cc1. The highest BCUT2D eigenvalue weighted by atomic mass is 16.7. The molecule has 2 aromatic rings. The number of aryl methyl sites for hydroxylation is 2. The maximum atomic E-state index is 6.23. The molecule has 0 atom stereocenters. The third-order valence-electron chi connectivity index (χ3n) is 5.69. The highest BCUT2D eigenvalue weighted by Gasteiger charge is 2.53. The van der Waals surface area contributed by atoms with Gasteiger partial charge < -0.3 is 9.31 Å². The van der Waals surface area contributed by atoms with Gasteiger partial charge >= 0.3 is 7.12 Å². The average Bonchev–Trinajstić information content (AvgIpc) is 2.92. The van der Waals surface area contributed by atoms with Crippen molar-refractivity contribution in [2.75, 3.05) is 0 Å². The summed E-state index contributed by atoms with van der Waals surface area (Å²) in [7, 11) is -0.360. The molecule has 1 aliphatic heterocycles. The highest BCUT2D eigenvalue weighted by molar-refractivity contribution is 6.63. The van der Waals surface area contributed by atoms with Crippen LogP contribution in [0.5, 0.6) is 0 Å². The molecule has 0 N–H and O–H groups in total. The van der Waals surface area contributed by atoms with Crippen LogP contribution in [-0.2, 0) is 22.3 Å². The molecule has 3 rings (SSSR count). The lowest BCUT2D eigenvalue weighted by Crippen LogP contribution is -2.41. The van der Waals surface area contributed by atoms with Crippen LogP contribution in [0.4, 0.5) is 0 Å². The van der Waals surface area contributed by atoms with Crippen LogP contribution in [0.15, 0.2) is 24.3 Å². The highest BCUT2D eigenvalue weighted by Crippen LogP contribution is 2.36. The summed E-state index contributed by atoms with van der Waals surface area (Å²) in [5.74, 6) is 0. The lowest BCUT2D eigenvalue weighted by atomic mass is 9.77. The van der Waals surface area contributed by atoms with Gasteiger partial charge in [-0.2, -0.15) is 5.10 Å². The third kappa shape index (κ3) is 3.27. The Bertz CT molecular complexity index is 747. The van der Waals surface area contributed by atoms with Crippen molar-refractivity contribution in [3.8, 4) is 0 Å². The molecule has 5 heteroatoms. The predicted octanol–water partition coefficient (Wildman–Crippen LogP) is 3.41. The largest absolute Gasteiger partial charge is 0.498 e. The summed E-state index contributed by atoms with van der Waals surface area (Å²) in [6, 6.07) is 8.75. The second-order valence-electron chi connectivity index (χ2n) is 8.00. The Morgan fingerprint density at radius 2 is 1.48 bits per heavy atom. The molecule has 0 aliphatic carbocycles. The van der Waals surface area contributed by atoms with Crippen LogP contribution >= 0.6 is 0 Å². The molecule has 0 radical (unpaired) electrons. The van der Waals surface area contributed by atoms with Gasteiger partial charge in [-0.05, 0) is 59.1 Å². The van der Waals surface area contributed by atoms with Crippen molar-refractivity contribution in [1.82, 2.24) is 9.78 Å². The fourth-order valence-corrected chi connectivity index (χ4v) is 3.22. The molecule has 0 bridgehead atoms. The van der Waals surface area contributed by atoms with Gasteiger partial charge in [0.05, 0.1) is 23.4 Å². The van der Waals surface area contributed by atoms with Gasteiger partial charge in [0, 0.05) is 11.2 Å². The first-order valence-corrected chi connectivity index (χ1v) is 9.12. The van der Waals surface area contributed by atoms with Gasteiger partial charge in [-0.3, -0.25) is 4.68 Å². The third-order valence-corrected chi connectivity index (χ3v) is 5.69. The van der Waals surface area contributed by atoms with Crippen molar-refractivity contribution in [2.24, 2.45) is 0 Å². The topological polar surface area (TPSA) is 36.3 Å². The van der Waals surface area contributed by atoms with Gasteiger partial charge in [0.25, 0.3) is 0 Å². The van der Waals surface area contributed by atoms with Crippen LogP contribution in [0, 0.1) is 13.8 Å². The van der Waals surface area contributed by atoms with Crippen molar-refractivity contribution >= 4 is 12.6 Å². The van der Waals surface area contributed by atoms with E-state index in [1.807, 2.05) is 6.92 Å². The molecule has 1 aliphatic rings. The molecule has 1 fully saturated rings. The lowest BCUT2D eigenvalue weighted by Gasteiger charge is -2.32. The van der Waals surface area contributed by atoms with E-state index >= 15 is 0 Å². The lowest BCUT2D eigenvalue weighted by molar-refractivity contribution is 0.00578. The summed E-state index contributed by atoms with van der Waals surface area (Å²) in [5, 5.41) is 4.74. The van der Waals surface area contributed by atoms with Gasteiger partial charge in [-0.15, -0.1) is 0 Å². The Kier molecular flexibility index (Phi) is 4.58. The van der Waals surface area contributed by atoms with Crippen LogP contribution in [0.25, 0.3) is 0 Å². The Labute approximate surface area is 151 Å². The first-order chi connectivity index (χ1) is 11.6. The van der Waals surface area contributed by atoms with E-state index in [-0.39, 0.29) is 18.3 Å². The predicted molar refractivity (Wildman–Crippen MR) is 102 cm³/mol. The molecule has 2 heterocycles. The molecule has 1 aromatic carbocycles. The molecule has 0 amide bonds. The van der Waals surface area contributed by atoms with Crippen LogP contribution < -0.4 is 5.46 Å². The van der Waals surface area contributed by atoms with Gasteiger partial charge in [0.15, 0.2) is 0 Å². The molecule has 0 saturated carbocycles. The molecule has 1 saturated heterocycles. The van der Waals surface area contributed by atoms with Crippen LogP contribution in [0.2, 0.25) is 0 Å². The van der Waals surface area contributed by atoms with Crippen molar-refractivity contribution in [3.05, 3.63) is 46.8 Å². The van der Waals surface area contributed by atoms with Gasteiger partial charge in [0.1, 0.15) is 0 Å². The zero-order valence-electron chi connectivity index (χ0n) is 16.5. The second kappa shape index (κ2) is 6.29.